The summed E-state index contributed by atoms with van der Waals surface area (Å²) in [6.07, 6.45) is 5.40. The summed E-state index contributed by atoms with van der Waals surface area (Å²) < 4.78 is 0. The van der Waals surface area contributed by atoms with E-state index in [0.717, 1.165) is 13.0 Å². The molecule has 1 rings (SSSR count). The first-order chi connectivity index (χ1) is 4.69. The Morgan fingerprint density at radius 1 is 1.70 bits per heavy atom. The van der Waals surface area contributed by atoms with Crippen LogP contribution >= 0.6 is 0 Å². The van der Waals surface area contributed by atoms with Gasteiger partial charge in [-0.3, -0.25) is 0 Å². The van der Waals surface area contributed by atoms with Crippen molar-refractivity contribution in [2.75, 3.05) is 6.54 Å². The third kappa shape index (κ3) is 1.63. The van der Waals surface area contributed by atoms with Gasteiger partial charge in [-0.15, -0.1) is 6.58 Å². The molecule has 10 heavy (non-hydrogen) atoms. The normalized spacial score (nSPS) is 21.0. The molecule has 0 aromatic heterocycles. The van der Waals surface area contributed by atoms with Gasteiger partial charge in [0.25, 0.3) is 0 Å². The number of hydrogen-bond acceptors (Lipinski definition) is 1. The largest absolute Gasteiger partial charge is 0.348 e. The molecule has 0 saturated heterocycles. The van der Waals surface area contributed by atoms with E-state index in [1.165, 1.54) is 12.8 Å². The monoisotopic (exact) mass is 135 g/mol. The van der Waals surface area contributed by atoms with Gasteiger partial charge in [-0.2, -0.15) is 0 Å². The minimum absolute atomic E-state index is 0.322. The second kappa shape index (κ2) is 2.79. The molecule has 0 bridgehead atoms. The highest BCUT2D eigenvalue weighted by Gasteiger charge is 2.39. The standard InChI is InChI=1S/C8H14BN/c1-3-4-7-10(9)8(2)5-6-8/h3H,1,4-7H2,2H3. The van der Waals surface area contributed by atoms with Gasteiger partial charge >= 0.3 is 0 Å². The summed E-state index contributed by atoms with van der Waals surface area (Å²) in [5.74, 6) is 0. The molecule has 0 atom stereocenters. The SMILES string of the molecule is [B]N(CCC=C)C1(C)CC1. The molecule has 1 aliphatic carbocycles. The number of hydrogen-bond donors (Lipinski definition) is 0. The zero-order valence-corrected chi connectivity index (χ0v) is 6.64. The Morgan fingerprint density at radius 2 is 2.30 bits per heavy atom. The summed E-state index contributed by atoms with van der Waals surface area (Å²) in [6.45, 7) is 6.80. The van der Waals surface area contributed by atoms with Gasteiger partial charge in [-0.25, -0.2) is 0 Å². The molecule has 0 aliphatic heterocycles. The summed E-state index contributed by atoms with van der Waals surface area (Å²) in [5, 5.41) is 0. The van der Waals surface area contributed by atoms with Crippen LogP contribution in [0.4, 0.5) is 0 Å². The van der Waals surface area contributed by atoms with Crippen LogP contribution in [-0.2, 0) is 0 Å². The van der Waals surface area contributed by atoms with Gasteiger partial charge in [-0.05, 0) is 32.7 Å². The van der Waals surface area contributed by atoms with E-state index < -0.39 is 0 Å². The first-order valence-electron chi connectivity index (χ1n) is 3.82. The number of nitrogens with zero attached hydrogens (tertiary/aromatic N) is 1. The van der Waals surface area contributed by atoms with E-state index in [4.69, 9.17) is 7.98 Å². The molecule has 0 spiro atoms. The first kappa shape index (κ1) is 7.87. The predicted molar refractivity (Wildman–Crippen MR) is 44.9 cm³/mol. The highest BCUT2D eigenvalue weighted by Crippen LogP contribution is 2.39. The molecule has 2 radical (unpaired) electrons. The van der Waals surface area contributed by atoms with Crippen molar-refractivity contribution >= 4 is 7.98 Å². The van der Waals surface area contributed by atoms with E-state index in [9.17, 15) is 0 Å². The lowest BCUT2D eigenvalue weighted by Crippen LogP contribution is -2.32. The molecular formula is C8H14BN. The Hall–Kier alpha value is -0.235. The van der Waals surface area contributed by atoms with Crippen molar-refractivity contribution in [3.05, 3.63) is 12.7 Å². The van der Waals surface area contributed by atoms with Crippen LogP contribution < -0.4 is 0 Å². The van der Waals surface area contributed by atoms with Crippen molar-refractivity contribution in [3.63, 3.8) is 0 Å². The molecule has 1 fully saturated rings. The zero-order chi connectivity index (χ0) is 7.61. The third-order valence-corrected chi connectivity index (χ3v) is 2.24. The van der Waals surface area contributed by atoms with E-state index in [2.05, 4.69) is 13.5 Å². The maximum atomic E-state index is 5.78. The van der Waals surface area contributed by atoms with Crippen molar-refractivity contribution in [2.24, 2.45) is 0 Å². The molecule has 0 unspecified atom stereocenters. The van der Waals surface area contributed by atoms with E-state index in [0.29, 0.717) is 5.54 Å². The van der Waals surface area contributed by atoms with E-state index in [1.54, 1.807) is 0 Å². The van der Waals surface area contributed by atoms with Crippen LogP contribution in [0.1, 0.15) is 26.2 Å². The van der Waals surface area contributed by atoms with Gasteiger partial charge in [0.2, 0.25) is 0 Å². The average Bonchev–Trinajstić information content (AvgIpc) is 2.64. The Bertz CT molecular complexity index is 129. The van der Waals surface area contributed by atoms with Crippen LogP contribution in [0.15, 0.2) is 12.7 Å². The maximum Gasteiger partial charge on any atom is 0.183 e. The summed E-state index contributed by atoms with van der Waals surface area (Å²) in [5.41, 5.74) is 0.322. The maximum absolute atomic E-state index is 5.78. The van der Waals surface area contributed by atoms with Gasteiger partial charge in [-0.1, -0.05) is 6.08 Å². The molecule has 1 nitrogen and oxygen atoms in total. The van der Waals surface area contributed by atoms with Crippen LogP contribution in [0.5, 0.6) is 0 Å². The summed E-state index contributed by atoms with van der Waals surface area (Å²) in [7, 11) is 5.78. The molecule has 0 heterocycles. The smallest absolute Gasteiger partial charge is 0.183 e. The fraction of sp³-hybridized carbons (Fsp3) is 0.750. The second-order valence-corrected chi connectivity index (χ2v) is 3.27. The lowest BCUT2D eigenvalue weighted by Gasteiger charge is -2.23. The summed E-state index contributed by atoms with van der Waals surface area (Å²) in [6, 6.07) is 0. The molecule has 0 N–H and O–H groups in total. The van der Waals surface area contributed by atoms with Crippen molar-refractivity contribution < 1.29 is 0 Å². The highest BCUT2D eigenvalue weighted by molar-refractivity contribution is 6.05. The zero-order valence-electron chi connectivity index (χ0n) is 6.64. The number of rotatable bonds is 4. The molecule has 1 aliphatic rings. The highest BCUT2D eigenvalue weighted by atomic mass is 15.1. The van der Waals surface area contributed by atoms with Gasteiger partial charge in [0.15, 0.2) is 7.98 Å². The lowest BCUT2D eigenvalue weighted by molar-refractivity contribution is 0.344. The van der Waals surface area contributed by atoms with Crippen LogP contribution in [0.3, 0.4) is 0 Å². The van der Waals surface area contributed by atoms with Crippen LogP contribution in [0.2, 0.25) is 0 Å². The topological polar surface area (TPSA) is 3.24 Å². The minimum atomic E-state index is 0.322. The van der Waals surface area contributed by atoms with E-state index in [1.807, 2.05) is 10.9 Å². The van der Waals surface area contributed by atoms with Crippen molar-refractivity contribution in [1.29, 1.82) is 0 Å². The Balaban J connectivity index is 2.21. The first-order valence-corrected chi connectivity index (χ1v) is 3.82. The second-order valence-electron chi connectivity index (χ2n) is 3.27. The summed E-state index contributed by atoms with van der Waals surface area (Å²) in [4.78, 5) is 1.94. The van der Waals surface area contributed by atoms with Crippen molar-refractivity contribution in [3.8, 4) is 0 Å². The molecule has 2 heteroatoms. The molecule has 0 aromatic rings. The fourth-order valence-electron chi connectivity index (χ4n) is 0.968. The van der Waals surface area contributed by atoms with Crippen molar-refractivity contribution in [2.45, 2.75) is 31.7 Å². The molecule has 0 amide bonds. The lowest BCUT2D eigenvalue weighted by atomic mass is 10.1. The third-order valence-electron chi connectivity index (χ3n) is 2.24. The van der Waals surface area contributed by atoms with Gasteiger partial charge in [0.05, 0.1) is 0 Å². The van der Waals surface area contributed by atoms with E-state index in [-0.39, 0.29) is 0 Å². The molecule has 0 aromatic carbocycles. The minimum Gasteiger partial charge on any atom is -0.348 e. The fourth-order valence-corrected chi connectivity index (χ4v) is 0.968. The van der Waals surface area contributed by atoms with Crippen LogP contribution in [-0.4, -0.2) is 24.9 Å². The van der Waals surface area contributed by atoms with Gasteiger partial charge in [0, 0.05) is 5.54 Å². The van der Waals surface area contributed by atoms with Gasteiger partial charge < -0.3 is 4.81 Å². The Morgan fingerprint density at radius 3 is 2.70 bits per heavy atom. The Labute approximate surface area is 64.5 Å². The molecule has 1 saturated carbocycles. The van der Waals surface area contributed by atoms with Crippen LogP contribution in [0.25, 0.3) is 0 Å². The van der Waals surface area contributed by atoms with Crippen LogP contribution in [0, 0.1) is 0 Å². The van der Waals surface area contributed by atoms with E-state index >= 15 is 0 Å². The average molecular weight is 135 g/mol. The molecular weight excluding hydrogens is 121 g/mol. The van der Waals surface area contributed by atoms with Crippen molar-refractivity contribution in [1.82, 2.24) is 4.81 Å². The summed E-state index contributed by atoms with van der Waals surface area (Å²) >= 11 is 0. The molecule has 54 valence electrons. The predicted octanol–water partition coefficient (Wildman–Crippen LogP) is 1.50. The van der Waals surface area contributed by atoms with Gasteiger partial charge in [0.1, 0.15) is 0 Å². The quantitative estimate of drug-likeness (QED) is 0.417. The Kier molecular flexibility index (Phi) is 2.19.